The van der Waals surface area contributed by atoms with Gasteiger partial charge >= 0.3 is 0 Å². The van der Waals surface area contributed by atoms with Crippen molar-refractivity contribution in [1.82, 2.24) is 4.40 Å². The molecule has 0 unspecified atom stereocenters. The van der Waals surface area contributed by atoms with Crippen LogP contribution in [0.15, 0.2) is 58.5 Å². The minimum absolute atomic E-state index is 0.186. The Kier molecular flexibility index (Phi) is 3.62. The van der Waals surface area contributed by atoms with E-state index in [0.29, 0.717) is 16.2 Å². The number of hydrogen-bond acceptors (Lipinski definition) is 3. The lowest BCUT2D eigenvalue weighted by molar-refractivity contribution is 0.597. The molecule has 22 heavy (non-hydrogen) atoms. The van der Waals surface area contributed by atoms with Gasteiger partial charge in [0.15, 0.2) is 0 Å². The molecule has 0 fully saturated rings. The molecule has 3 aromatic rings. The Labute approximate surface area is 134 Å². The Bertz CT molecular complexity index is 961. The highest BCUT2D eigenvalue weighted by Gasteiger charge is 2.26. The van der Waals surface area contributed by atoms with Crippen molar-refractivity contribution >= 4 is 32.6 Å². The predicted octanol–water partition coefficient (Wildman–Crippen LogP) is 3.78. The number of benzene rings is 1. The molecule has 3 rings (SSSR count). The van der Waals surface area contributed by atoms with Gasteiger partial charge in [0, 0.05) is 24.0 Å². The average Bonchev–Trinajstić information content (AvgIpc) is 2.88. The molecular formula is C16H15ClN2O2S. The second-order valence-electron chi connectivity index (χ2n) is 5.01. The smallest absolute Gasteiger partial charge is 0.210 e. The number of rotatable bonds is 3. The van der Waals surface area contributed by atoms with E-state index in [9.17, 15) is 8.42 Å². The molecule has 6 heteroatoms. The van der Waals surface area contributed by atoms with E-state index in [2.05, 4.69) is 5.32 Å². The lowest BCUT2D eigenvalue weighted by Gasteiger charge is -2.07. The standard InChI is InChI=1S/C16H15ClN2O2S/c1-11-5-3-8-15-16(14(18-2)10-19(11)15)22(20,21)13-7-4-6-12(17)9-13/h3-10,18H,1-2H3. The van der Waals surface area contributed by atoms with Gasteiger partial charge in [-0.25, -0.2) is 8.42 Å². The van der Waals surface area contributed by atoms with Gasteiger partial charge in [-0.05, 0) is 37.3 Å². The Hall–Kier alpha value is -1.98. The number of anilines is 1. The fraction of sp³-hybridized carbons (Fsp3) is 0.125. The zero-order valence-electron chi connectivity index (χ0n) is 12.2. The summed E-state index contributed by atoms with van der Waals surface area (Å²) in [6, 6.07) is 11.9. The molecule has 4 nitrogen and oxygen atoms in total. The van der Waals surface area contributed by atoms with E-state index in [1.54, 1.807) is 37.5 Å². The lowest BCUT2D eigenvalue weighted by atomic mass is 10.3. The maximum absolute atomic E-state index is 13.0. The first-order valence-electron chi connectivity index (χ1n) is 6.74. The number of halogens is 1. The highest BCUT2D eigenvalue weighted by Crippen LogP contribution is 2.34. The first-order chi connectivity index (χ1) is 10.4. The first-order valence-corrected chi connectivity index (χ1v) is 8.60. The zero-order chi connectivity index (χ0) is 15.9. The molecule has 1 aromatic carbocycles. The topological polar surface area (TPSA) is 50.6 Å². The van der Waals surface area contributed by atoms with Crippen LogP contribution in [-0.4, -0.2) is 19.9 Å². The van der Waals surface area contributed by atoms with E-state index in [0.717, 1.165) is 5.69 Å². The summed E-state index contributed by atoms with van der Waals surface area (Å²) >= 11 is 5.94. The molecule has 0 amide bonds. The summed E-state index contributed by atoms with van der Waals surface area (Å²) < 4.78 is 27.9. The number of hydrogen-bond donors (Lipinski definition) is 1. The van der Waals surface area contributed by atoms with Crippen LogP contribution >= 0.6 is 11.6 Å². The maximum Gasteiger partial charge on any atom is 0.210 e. The Morgan fingerprint density at radius 3 is 2.55 bits per heavy atom. The van der Waals surface area contributed by atoms with Gasteiger partial charge in [-0.15, -0.1) is 0 Å². The minimum Gasteiger partial charge on any atom is -0.386 e. The van der Waals surface area contributed by atoms with Gasteiger partial charge in [-0.1, -0.05) is 23.7 Å². The van der Waals surface area contributed by atoms with Crippen LogP contribution in [0.25, 0.3) is 5.52 Å². The second-order valence-corrected chi connectivity index (χ2v) is 7.33. The van der Waals surface area contributed by atoms with Crippen LogP contribution in [0, 0.1) is 6.92 Å². The van der Waals surface area contributed by atoms with Gasteiger partial charge in [0.25, 0.3) is 0 Å². The fourth-order valence-corrected chi connectivity index (χ4v) is 4.44. The van der Waals surface area contributed by atoms with Crippen LogP contribution in [0.1, 0.15) is 5.69 Å². The van der Waals surface area contributed by atoms with Gasteiger partial charge in [-0.2, -0.15) is 0 Å². The normalized spacial score (nSPS) is 11.8. The molecular weight excluding hydrogens is 320 g/mol. The number of aromatic nitrogens is 1. The molecule has 2 aromatic heterocycles. The fourth-order valence-electron chi connectivity index (χ4n) is 2.52. The largest absolute Gasteiger partial charge is 0.386 e. The van der Waals surface area contributed by atoms with Gasteiger partial charge in [0.2, 0.25) is 9.84 Å². The van der Waals surface area contributed by atoms with E-state index < -0.39 is 9.84 Å². The van der Waals surface area contributed by atoms with Crippen molar-refractivity contribution in [1.29, 1.82) is 0 Å². The molecule has 0 spiro atoms. The van der Waals surface area contributed by atoms with Gasteiger partial charge < -0.3 is 9.72 Å². The number of nitrogens with one attached hydrogen (secondary N) is 1. The molecule has 0 radical (unpaired) electrons. The van der Waals surface area contributed by atoms with E-state index >= 15 is 0 Å². The third kappa shape index (κ3) is 2.26. The number of sulfone groups is 1. The molecule has 0 bridgehead atoms. The molecule has 0 saturated heterocycles. The van der Waals surface area contributed by atoms with Crippen molar-refractivity contribution < 1.29 is 8.42 Å². The minimum atomic E-state index is -3.67. The maximum atomic E-state index is 13.0. The van der Waals surface area contributed by atoms with Crippen molar-refractivity contribution in [3.63, 3.8) is 0 Å². The molecule has 0 aliphatic carbocycles. The quantitative estimate of drug-likeness (QED) is 0.793. The van der Waals surface area contributed by atoms with E-state index in [1.165, 1.54) is 6.07 Å². The number of nitrogens with zero attached hydrogens (tertiary/aromatic N) is 1. The SMILES string of the molecule is CNc1cn2c(C)cccc2c1S(=O)(=O)c1cccc(Cl)c1. The predicted molar refractivity (Wildman–Crippen MR) is 88.6 cm³/mol. The summed E-state index contributed by atoms with van der Waals surface area (Å²) in [7, 11) is -1.96. The summed E-state index contributed by atoms with van der Waals surface area (Å²) in [6.45, 7) is 1.93. The van der Waals surface area contributed by atoms with Crippen molar-refractivity contribution in [2.24, 2.45) is 0 Å². The van der Waals surface area contributed by atoms with Crippen molar-refractivity contribution in [2.45, 2.75) is 16.7 Å². The zero-order valence-corrected chi connectivity index (χ0v) is 13.7. The van der Waals surface area contributed by atoms with Crippen molar-refractivity contribution in [2.75, 3.05) is 12.4 Å². The van der Waals surface area contributed by atoms with Crippen molar-refractivity contribution in [3.05, 3.63) is 59.4 Å². The van der Waals surface area contributed by atoms with Crippen LogP contribution in [0.4, 0.5) is 5.69 Å². The molecule has 0 atom stereocenters. The Balaban J connectivity index is 2.36. The number of aryl methyl sites for hydroxylation is 1. The van der Waals surface area contributed by atoms with Crippen LogP contribution in [0.2, 0.25) is 5.02 Å². The van der Waals surface area contributed by atoms with Crippen molar-refractivity contribution in [3.8, 4) is 0 Å². The van der Waals surface area contributed by atoms with Crippen LogP contribution in [0.3, 0.4) is 0 Å². The molecule has 0 saturated carbocycles. The summed E-state index contributed by atoms with van der Waals surface area (Å²) in [5, 5.41) is 3.36. The summed E-state index contributed by atoms with van der Waals surface area (Å²) in [5.74, 6) is 0. The second kappa shape index (κ2) is 5.34. The molecule has 0 aliphatic heterocycles. The van der Waals surface area contributed by atoms with E-state index in [-0.39, 0.29) is 9.79 Å². The summed E-state index contributed by atoms with van der Waals surface area (Å²) in [5.41, 5.74) is 2.17. The third-order valence-electron chi connectivity index (χ3n) is 3.61. The summed E-state index contributed by atoms with van der Waals surface area (Å²) in [6.07, 6.45) is 1.79. The molecule has 114 valence electrons. The first kappa shape index (κ1) is 14.9. The van der Waals surface area contributed by atoms with Gasteiger partial charge in [0.1, 0.15) is 4.90 Å². The highest BCUT2D eigenvalue weighted by molar-refractivity contribution is 7.92. The number of fused-ring (bicyclic) bond motifs is 1. The summed E-state index contributed by atoms with van der Waals surface area (Å²) in [4.78, 5) is 0.451. The Morgan fingerprint density at radius 1 is 1.14 bits per heavy atom. The third-order valence-corrected chi connectivity index (χ3v) is 5.69. The highest BCUT2D eigenvalue weighted by atomic mass is 35.5. The van der Waals surface area contributed by atoms with Gasteiger partial charge in [-0.3, -0.25) is 0 Å². The van der Waals surface area contributed by atoms with Crippen LogP contribution in [-0.2, 0) is 9.84 Å². The van der Waals surface area contributed by atoms with Gasteiger partial charge in [0.05, 0.1) is 16.1 Å². The van der Waals surface area contributed by atoms with E-state index in [1.807, 2.05) is 23.5 Å². The molecule has 1 N–H and O–H groups in total. The van der Waals surface area contributed by atoms with Crippen LogP contribution in [0.5, 0.6) is 0 Å². The average molecular weight is 335 g/mol. The van der Waals surface area contributed by atoms with Crippen LogP contribution < -0.4 is 5.32 Å². The molecule has 2 heterocycles. The monoisotopic (exact) mass is 334 g/mol. The number of pyridine rings is 1. The lowest BCUT2D eigenvalue weighted by Crippen LogP contribution is -2.04. The van der Waals surface area contributed by atoms with E-state index in [4.69, 9.17) is 11.6 Å². The Morgan fingerprint density at radius 2 is 1.86 bits per heavy atom. The molecule has 0 aliphatic rings.